The minimum atomic E-state index is -2.91. The summed E-state index contributed by atoms with van der Waals surface area (Å²) < 4.78 is 20.8. The van der Waals surface area contributed by atoms with Gasteiger partial charge in [0.2, 0.25) is 0 Å². The van der Waals surface area contributed by atoms with Crippen molar-refractivity contribution in [3.63, 3.8) is 0 Å². The van der Waals surface area contributed by atoms with Crippen LogP contribution < -0.4 is 13.6 Å². The molecule has 0 N–H and O–H groups in total. The van der Waals surface area contributed by atoms with Crippen LogP contribution >= 0.6 is 15.9 Å². The molecule has 1 aliphatic heterocycles. The summed E-state index contributed by atoms with van der Waals surface area (Å²) in [6, 6.07) is 2.11. The molecule has 6 heteroatoms. The minimum absolute atomic E-state index is 0.140. The molecule has 0 saturated carbocycles. The normalized spacial score (nSPS) is 18.0. The Morgan fingerprint density at radius 3 is 2.20 bits per heavy atom. The lowest BCUT2D eigenvalue weighted by atomic mass is 9.86. The number of fused-ring (bicyclic) bond motifs is 2. The Bertz CT molecular complexity index is 1060. The molecule has 162 valence electrons. The Balaban J connectivity index is 2.21. The Kier molecular flexibility index (Phi) is 4.87. The number of carbonyl (C=O) groups is 1. The largest absolute Gasteiger partial charge is 0.510 e. The highest BCUT2D eigenvalue weighted by molar-refractivity contribution is 9.10. The zero-order valence-electron chi connectivity index (χ0n) is 19.2. The molecule has 0 unspecified atom stereocenters. The summed E-state index contributed by atoms with van der Waals surface area (Å²) >= 11 is 3.79. The first kappa shape index (κ1) is 21.7. The fourth-order valence-corrected chi connectivity index (χ4v) is 10.3. The van der Waals surface area contributed by atoms with Gasteiger partial charge in [-0.05, 0) is 47.3 Å². The molecule has 1 heterocycles. The van der Waals surface area contributed by atoms with Crippen LogP contribution in [0.25, 0.3) is 10.8 Å². The van der Waals surface area contributed by atoms with Crippen molar-refractivity contribution in [2.24, 2.45) is 0 Å². The van der Waals surface area contributed by atoms with E-state index in [9.17, 15) is 4.79 Å². The zero-order chi connectivity index (χ0) is 22.2. The van der Waals surface area contributed by atoms with Gasteiger partial charge in [-0.1, -0.05) is 41.5 Å². The van der Waals surface area contributed by atoms with E-state index in [1.165, 1.54) is 0 Å². The lowest BCUT2D eigenvalue weighted by Crippen LogP contribution is -2.63. The van der Waals surface area contributed by atoms with Crippen molar-refractivity contribution in [1.29, 1.82) is 0 Å². The summed E-state index contributed by atoms with van der Waals surface area (Å²) in [6.07, 6.45) is 2.20. The third-order valence-electron chi connectivity index (χ3n) is 6.46. The average Bonchev–Trinajstić information content (AvgIpc) is 2.63. The van der Waals surface area contributed by atoms with E-state index in [1.807, 2.05) is 0 Å². The van der Waals surface area contributed by atoms with E-state index in [0.29, 0.717) is 17.7 Å². The summed E-state index contributed by atoms with van der Waals surface area (Å²) in [5, 5.41) is 1.38. The molecule has 2 aromatic rings. The molecule has 0 atom stereocenters. The molecule has 4 nitrogen and oxygen atoms in total. The number of rotatable bonds is 1. The van der Waals surface area contributed by atoms with Gasteiger partial charge in [-0.3, -0.25) is 4.79 Å². The van der Waals surface area contributed by atoms with E-state index >= 15 is 0 Å². The highest BCUT2D eigenvalue weighted by Crippen LogP contribution is 2.60. The van der Waals surface area contributed by atoms with Crippen LogP contribution in [0.1, 0.15) is 75.9 Å². The molecule has 1 aliphatic carbocycles. The molecule has 30 heavy (non-hydrogen) atoms. The minimum Gasteiger partial charge on any atom is -0.510 e. The molecule has 2 aromatic carbocycles. The number of aryl methyl sites for hydroxylation is 1. The summed E-state index contributed by atoms with van der Waals surface area (Å²) in [7, 11) is -1.22. The van der Waals surface area contributed by atoms with Gasteiger partial charge in [-0.2, -0.15) is 0 Å². The van der Waals surface area contributed by atoms with Crippen LogP contribution in [0.5, 0.6) is 17.2 Å². The Morgan fingerprint density at radius 2 is 1.63 bits per heavy atom. The predicted octanol–water partition coefficient (Wildman–Crippen LogP) is 7.25. The number of benzene rings is 2. The fraction of sp³-hybridized carbons (Fsp3) is 0.542. The highest BCUT2D eigenvalue weighted by Gasteiger charge is 2.64. The van der Waals surface area contributed by atoms with E-state index in [4.69, 9.17) is 13.6 Å². The molecule has 0 aromatic heterocycles. The second-order valence-corrected chi connectivity index (χ2v) is 16.0. The van der Waals surface area contributed by atoms with Gasteiger partial charge < -0.3 is 13.6 Å². The third kappa shape index (κ3) is 2.79. The molecule has 0 amide bonds. The van der Waals surface area contributed by atoms with Gasteiger partial charge in [0, 0.05) is 27.4 Å². The summed E-state index contributed by atoms with van der Waals surface area (Å²) in [6.45, 7) is 15.2. The van der Waals surface area contributed by atoms with E-state index in [-0.39, 0.29) is 15.9 Å². The summed E-state index contributed by atoms with van der Waals surface area (Å²) in [5.41, 5.74) is 2.77. The molecule has 0 bridgehead atoms. The van der Waals surface area contributed by atoms with Gasteiger partial charge in [0.15, 0.2) is 5.78 Å². The molecule has 0 spiro atoms. The summed E-state index contributed by atoms with van der Waals surface area (Å²) in [4.78, 5) is 13.2. The van der Waals surface area contributed by atoms with Gasteiger partial charge in [-0.25, -0.2) is 0 Å². The van der Waals surface area contributed by atoms with Crippen LogP contribution in [0.2, 0.25) is 10.1 Å². The second-order valence-electron chi connectivity index (χ2n) is 10.6. The van der Waals surface area contributed by atoms with E-state index in [1.54, 1.807) is 7.11 Å². The Morgan fingerprint density at radius 1 is 1.03 bits per heavy atom. The van der Waals surface area contributed by atoms with Crippen molar-refractivity contribution < 1.29 is 18.4 Å². The highest BCUT2D eigenvalue weighted by atomic mass is 79.9. The van der Waals surface area contributed by atoms with E-state index in [2.05, 4.69) is 70.5 Å². The summed E-state index contributed by atoms with van der Waals surface area (Å²) in [5.74, 6) is 2.43. The van der Waals surface area contributed by atoms with Crippen molar-refractivity contribution in [3.05, 3.63) is 27.2 Å². The monoisotopic (exact) mass is 490 g/mol. The lowest BCUT2D eigenvalue weighted by Gasteiger charge is -2.51. The third-order valence-corrected chi connectivity index (χ3v) is 12.4. The number of methoxy groups -OCH3 is 1. The van der Waals surface area contributed by atoms with Gasteiger partial charge in [-0.15, -0.1) is 0 Å². The maximum atomic E-state index is 13.2. The maximum absolute atomic E-state index is 13.2. The zero-order valence-corrected chi connectivity index (χ0v) is 21.8. The van der Waals surface area contributed by atoms with Crippen molar-refractivity contribution >= 4 is 41.0 Å². The van der Waals surface area contributed by atoms with Gasteiger partial charge >= 0.3 is 8.56 Å². The van der Waals surface area contributed by atoms with E-state index in [0.717, 1.165) is 50.7 Å². The predicted molar refractivity (Wildman–Crippen MR) is 127 cm³/mol. The van der Waals surface area contributed by atoms with Crippen LogP contribution in [0.3, 0.4) is 0 Å². The molecule has 0 radical (unpaired) electrons. The van der Waals surface area contributed by atoms with Crippen LogP contribution in [-0.2, 0) is 6.42 Å². The van der Waals surface area contributed by atoms with Crippen LogP contribution in [0.15, 0.2) is 10.5 Å². The lowest BCUT2D eigenvalue weighted by molar-refractivity contribution is 0.0969. The molecule has 0 fully saturated rings. The number of halogens is 1. The molecule has 2 aliphatic rings. The van der Waals surface area contributed by atoms with Crippen molar-refractivity contribution in [2.45, 2.75) is 77.8 Å². The first-order chi connectivity index (χ1) is 13.8. The number of ketones is 1. The van der Waals surface area contributed by atoms with Crippen molar-refractivity contribution in [3.8, 4) is 17.2 Å². The van der Waals surface area contributed by atoms with E-state index < -0.39 is 8.56 Å². The quantitative estimate of drug-likeness (QED) is 0.394. The van der Waals surface area contributed by atoms with Gasteiger partial charge in [0.1, 0.15) is 17.2 Å². The first-order valence-corrected chi connectivity index (χ1v) is 13.2. The number of hydrogen-bond donors (Lipinski definition) is 0. The smallest absolute Gasteiger partial charge is 0.471 e. The molecular formula is C24H31BrO4Si. The molecule has 0 saturated heterocycles. The SMILES string of the molecule is COc1c2c(c3c4c(c(Br)c(C)cc14)O[Si](C(C)(C)C)(C(C)(C)C)O3)C(=O)CCC2. The maximum Gasteiger partial charge on any atom is 0.471 e. The first-order valence-electron chi connectivity index (χ1n) is 10.6. The van der Waals surface area contributed by atoms with Crippen molar-refractivity contribution in [2.75, 3.05) is 7.11 Å². The second kappa shape index (κ2) is 6.73. The van der Waals surface area contributed by atoms with Crippen LogP contribution in [-0.4, -0.2) is 21.5 Å². The average molecular weight is 491 g/mol. The van der Waals surface area contributed by atoms with Crippen LogP contribution in [0, 0.1) is 6.92 Å². The fourth-order valence-electron chi connectivity index (χ4n) is 5.27. The molecular weight excluding hydrogens is 460 g/mol. The van der Waals surface area contributed by atoms with Gasteiger partial charge in [0.25, 0.3) is 0 Å². The Hall–Kier alpha value is -1.53. The standard InChI is InChI=1S/C24H31BrO4Si/c1-13-12-15-18-21(17-14(20(15)27-8)10-9-11-16(17)26)28-30(23(2,3)4,24(5,6)7)29-22(18)19(13)25/h12H,9-11H2,1-8H3. The molecule has 4 rings (SSSR count). The number of ether oxygens (including phenoxy) is 1. The van der Waals surface area contributed by atoms with Crippen molar-refractivity contribution in [1.82, 2.24) is 0 Å². The number of hydrogen-bond acceptors (Lipinski definition) is 4. The Labute approximate surface area is 188 Å². The topological polar surface area (TPSA) is 44.8 Å². The number of Topliss-reactive ketones (excluding diaryl/α,β-unsaturated/α-hetero) is 1. The van der Waals surface area contributed by atoms with Crippen LogP contribution in [0.4, 0.5) is 0 Å². The van der Waals surface area contributed by atoms with Gasteiger partial charge in [0.05, 0.1) is 22.5 Å². The number of carbonyl (C=O) groups excluding carboxylic acids is 1.